The van der Waals surface area contributed by atoms with E-state index in [4.69, 9.17) is 0 Å². The normalized spacial score (nSPS) is 14.9. The van der Waals surface area contributed by atoms with Crippen molar-refractivity contribution in [2.75, 3.05) is 10.6 Å². The van der Waals surface area contributed by atoms with E-state index in [0.717, 1.165) is 10.2 Å². The van der Waals surface area contributed by atoms with Gasteiger partial charge in [0.1, 0.15) is 11.2 Å². The first-order valence-corrected chi connectivity index (χ1v) is 9.98. The van der Waals surface area contributed by atoms with Gasteiger partial charge in [-0.25, -0.2) is 9.37 Å². The molecule has 144 valence electrons. The molecule has 0 spiro atoms. The predicted molar refractivity (Wildman–Crippen MR) is 109 cm³/mol. The largest absolute Gasteiger partial charge is 0.325 e. The Labute approximate surface area is 166 Å². The molecule has 2 amide bonds. The number of nitrogens with zero attached hydrogens (tertiary/aromatic N) is 1. The van der Waals surface area contributed by atoms with Crippen molar-refractivity contribution in [3.05, 3.63) is 53.8 Å². The third-order valence-corrected chi connectivity index (χ3v) is 5.95. The molecule has 3 aromatic rings. The van der Waals surface area contributed by atoms with Crippen LogP contribution in [-0.4, -0.2) is 16.8 Å². The zero-order valence-corrected chi connectivity index (χ0v) is 16.4. The van der Waals surface area contributed by atoms with E-state index in [1.54, 1.807) is 0 Å². The molecule has 0 aliphatic heterocycles. The highest BCUT2D eigenvalue weighted by Gasteiger charge is 2.56. The predicted octanol–water partition coefficient (Wildman–Crippen LogP) is 4.92. The minimum atomic E-state index is -1.09. The standard InChI is InChI=1S/C21H20FN3O2S/c1-12(2)13-3-8-16-17(11-13)28-20(24-16)25-19(27)21(9-10-21)18(26)23-15-6-4-14(22)5-7-15/h3-8,11-12H,9-10H2,1-2H3,(H,23,26)(H,24,25,27). The van der Waals surface area contributed by atoms with Crippen molar-refractivity contribution >= 4 is 44.2 Å². The Balaban J connectivity index is 1.48. The molecule has 28 heavy (non-hydrogen) atoms. The summed E-state index contributed by atoms with van der Waals surface area (Å²) in [5.74, 6) is -0.696. The maximum Gasteiger partial charge on any atom is 0.241 e. The molecule has 1 aliphatic rings. The summed E-state index contributed by atoms with van der Waals surface area (Å²) in [6.07, 6.45) is 0.961. The highest BCUT2D eigenvalue weighted by molar-refractivity contribution is 7.22. The van der Waals surface area contributed by atoms with Gasteiger partial charge in [-0.1, -0.05) is 31.3 Å². The van der Waals surface area contributed by atoms with Crippen molar-refractivity contribution in [2.45, 2.75) is 32.6 Å². The van der Waals surface area contributed by atoms with Crippen LogP contribution in [0.1, 0.15) is 38.2 Å². The topological polar surface area (TPSA) is 71.1 Å². The molecule has 4 rings (SSSR count). The number of anilines is 2. The van der Waals surface area contributed by atoms with Crippen LogP contribution in [0.2, 0.25) is 0 Å². The van der Waals surface area contributed by atoms with E-state index in [0.29, 0.717) is 29.6 Å². The molecule has 7 heteroatoms. The third kappa shape index (κ3) is 3.49. The lowest BCUT2D eigenvalue weighted by Crippen LogP contribution is -2.35. The molecule has 5 nitrogen and oxygen atoms in total. The lowest BCUT2D eigenvalue weighted by Gasteiger charge is -2.14. The third-order valence-electron chi connectivity index (χ3n) is 5.02. The number of hydrogen-bond donors (Lipinski definition) is 2. The van der Waals surface area contributed by atoms with E-state index in [1.165, 1.54) is 41.2 Å². The number of carbonyl (C=O) groups is 2. The molecule has 1 aliphatic carbocycles. The number of thiazole rings is 1. The van der Waals surface area contributed by atoms with E-state index >= 15 is 0 Å². The average Bonchev–Trinajstić information content (AvgIpc) is 3.38. The number of rotatable bonds is 5. The van der Waals surface area contributed by atoms with Gasteiger partial charge in [0.25, 0.3) is 0 Å². The second kappa shape index (κ2) is 6.98. The molecule has 1 heterocycles. The van der Waals surface area contributed by atoms with Crippen molar-refractivity contribution in [1.29, 1.82) is 0 Å². The molecular formula is C21H20FN3O2S. The van der Waals surface area contributed by atoms with Gasteiger partial charge in [0, 0.05) is 5.69 Å². The van der Waals surface area contributed by atoms with Crippen molar-refractivity contribution in [1.82, 2.24) is 4.98 Å². The van der Waals surface area contributed by atoms with Crippen molar-refractivity contribution < 1.29 is 14.0 Å². The summed E-state index contributed by atoms with van der Waals surface area (Å²) in [4.78, 5) is 29.9. The molecule has 2 N–H and O–H groups in total. The number of benzene rings is 2. The highest BCUT2D eigenvalue weighted by Crippen LogP contribution is 2.47. The Hall–Kier alpha value is -2.80. The van der Waals surface area contributed by atoms with Crippen LogP contribution in [-0.2, 0) is 9.59 Å². The SMILES string of the molecule is CC(C)c1ccc2nc(NC(=O)C3(C(=O)Nc4ccc(F)cc4)CC3)sc2c1. The summed E-state index contributed by atoms with van der Waals surface area (Å²) in [5.41, 5.74) is 1.42. The summed E-state index contributed by atoms with van der Waals surface area (Å²) in [7, 11) is 0. The van der Waals surface area contributed by atoms with Gasteiger partial charge < -0.3 is 10.6 Å². The van der Waals surface area contributed by atoms with Crippen LogP contribution in [0.15, 0.2) is 42.5 Å². The summed E-state index contributed by atoms with van der Waals surface area (Å²) < 4.78 is 14.0. The van der Waals surface area contributed by atoms with Crippen molar-refractivity contribution in [2.24, 2.45) is 5.41 Å². The molecule has 0 bridgehead atoms. The monoisotopic (exact) mass is 397 g/mol. The number of halogens is 1. The second-order valence-corrected chi connectivity index (χ2v) is 8.43. The Morgan fingerprint density at radius 3 is 2.39 bits per heavy atom. The fourth-order valence-corrected chi connectivity index (χ4v) is 3.95. The van der Waals surface area contributed by atoms with E-state index in [9.17, 15) is 14.0 Å². The van der Waals surface area contributed by atoms with Crippen molar-refractivity contribution in [3.8, 4) is 0 Å². The van der Waals surface area contributed by atoms with E-state index in [2.05, 4.69) is 35.5 Å². The summed E-state index contributed by atoms with van der Waals surface area (Å²) in [6.45, 7) is 4.25. The molecule has 0 unspecified atom stereocenters. The fourth-order valence-electron chi connectivity index (χ4n) is 3.04. The van der Waals surface area contributed by atoms with Crippen LogP contribution in [0.3, 0.4) is 0 Å². The number of nitrogens with one attached hydrogen (secondary N) is 2. The zero-order valence-electron chi connectivity index (χ0n) is 15.6. The lowest BCUT2D eigenvalue weighted by atomic mass is 10.0. The maximum atomic E-state index is 13.0. The van der Waals surface area contributed by atoms with Gasteiger partial charge in [0.05, 0.1) is 10.2 Å². The first-order chi connectivity index (χ1) is 13.4. The molecule has 2 aromatic carbocycles. The average molecular weight is 397 g/mol. The number of amides is 2. The van der Waals surface area contributed by atoms with Gasteiger partial charge in [-0.3, -0.25) is 9.59 Å². The number of hydrogen-bond acceptors (Lipinski definition) is 4. The van der Waals surface area contributed by atoms with Crippen LogP contribution < -0.4 is 10.6 Å². The quantitative estimate of drug-likeness (QED) is 0.601. The first-order valence-electron chi connectivity index (χ1n) is 9.16. The summed E-state index contributed by atoms with van der Waals surface area (Å²) >= 11 is 1.40. The molecule has 1 saturated carbocycles. The fraction of sp³-hybridized carbons (Fsp3) is 0.286. The number of aromatic nitrogens is 1. The molecule has 1 fully saturated rings. The minimum absolute atomic E-state index is 0.352. The van der Waals surface area contributed by atoms with Gasteiger partial charge in [0.15, 0.2) is 5.13 Å². The van der Waals surface area contributed by atoms with Crippen LogP contribution in [0, 0.1) is 11.2 Å². The number of carbonyl (C=O) groups excluding carboxylic acids is 2. The van der Waals surface area contributed by atoms with Gasteiger partial charge >= 0.3 is 0 Å². The Morgan fingerprint density at radius 2 is 1.75 bits per heavy atom. The van der Waals surface area contributed by atoms with Gasteiger partial charge in [0.2, 0.25) is 11.8 Å². The first kappa shape index (κ1) is 18.6. The van der Waals surface area contributed by atoms with Gasteiger partial charge in [-0.05, 0) is 60.7 Å². The molecular weight excluding hydrogens is 377 g/mol. The number of fused-ring (bicyclic) bond motifs is 1. The van der Waals surface area contributed by atoms with Crippen LogP contribution >= 0.6 is 11.3 Å². The smallest absolute Gasteiger partial charge is 0.241 e. The molecule has 0 atom stereocenters. The van der Waals surface area contributed by atoms with E-state index in [-0.39, 0.29) is 17.6 Å². The second-order valence-electron chi connectivity index (χ2n) is 7.40. The Kier molecular flexibility index (Phi) is 4.63. The highest BCUT2D eigenvalue weighted by atomic mass is 32.1. The minimum Gasteiger partial charge on any atom is -0.325 e. The summed E-state index contributed by atoms with van der Waals surface area (Å²) in [6, 6.07) is 11.6. The van der Waals surface area contributed by atoms with Crippen LogP contribution in [0.4, 0.5) is 15.2 Å². The molecule has 0 saturated heterocycles. The van der Waals surface area contributed by atoms with E-state index < -0.39 is 5.41 Å². The lowest BCUT2D eigenvalue weighted by molar-refractivity contribution is -0.131. The van der Waals surface area contributed by atoms with E-state index in [1.807, 2.05) is 12.1 Å². The summed E-state index contributed by atoms with van der Waals surface area (Å²) in [5, 5.41) is 6.00. The molecule has 1 aromatic heterocycles. The Bertz CT molecular complexity index is 1060. The molecule has 0 radical (unpaired) electrons. The van der Waals surface area contributed by atoms with Gasteiger partial charge in [-0.2, -0.15) is 0 Å². The maximum absolute atomic E-state index is 13.0. The van der Waals surface area contributed by atoms with Gasteiger partial charge in [-0.15, -0.1) is 0 Å². The van der Waals surface area contributed by atoms with Crippen LogP contribution in [0.5, 0.6) is 0 Å². The Morgan fingerprint density at radius 1 is 1.07 bits per heavy atom. The zero-order chi connectivity index (χ0) is 19.9. The van der Waals surface area contributed by atoms with Crippen LogP contribution in [0.25, 0.3) is 10.2 Å². The van der Waals surface area contributed by atoms with Crippen molar-refractivity contribution in [3.63, 3.8) is 0 Å².